The van der Waals surface area contributed by atoms with Crippen molar-refractivity contribution in [2.75, 3.05) is 5.32 Å². The van der Waals surface area contributed by atoms with E-state index in [9.17, 15) is 19.5 Å². The lowest BCUT2D eigenvalue weighted by Gasteiger charge is -2.27. The summed E-state index contributed by atoms with van der Waals surface area (Å²) in [6.07, 6.45) is 0.369. The molecule has 2 amide bonds. The number of rotatable bonds is 7. The molecule has 0 bridgehead atoms. The van der Waals surface area contributed by atoms with Crippen LogP contribution in [0, 0.1) is 6.92 Å². The molecule has 35 heavy (non-hydrogen) atoms. The molecule has 1 heterocycles. The molecule has 0 radical (unpaired) electrons. The smallest absolute Gasteiger partial charge is 0.405 e. The van der Waals surface area contributed by atoms with Crippen molar-refractivity contribution in [2.45, 2.75) is 18.9 Å². The molecular formula is C28H25N3O4. The van der Waals surface area contributed by atoms with Crippen LogP contribution in [0.3, 0.4) is 0 Å². The Kier molecular flexibility index (Phi) is 7.07. The van der Waals surface area contributed by atoms with Crippen LogP contribution in [0.15, 0.2) is 102 Å². The highest BCUT2D eigenvalue weighted by atomic mass is 16.4. The van der Waals surface area contributed by atoms with Crippen molar-refractivity contribution < 1.29 is 14.7 Å². The van der Waals surface area contributed by atoms with Crippen LogP contribution in [0.25, 0.3) is 11.1 Å². The predicted molar refractivity (Wildman–Crippen MR) is 136 cm³/mol. The van der Waals surface area contributed by atoms with Crippen LogP contribution in [-0.4, -0.2) is 28.1 Å². The molecule has 0 saturated heterocycles. The molecule has 0 unspecified atom stereocenters. The van der Waals surface area contributed by atoms with Crippen LogP contribution in [-0.2, 0) is 4.79 Å². The Morgan fingerprint density at radius 1 is 0.857 bits per heavy atom. The first kappa shape index (κ1) is 23.5. The molecule has 4 aromatic rings. The highest BCUT2D eigenvalue weighted by Gasteiger charge is 2.32. The van der Waals surface area contributed by atoms with Gasteiger partial charge in [-0.2, -0.15) is 0 Å². The van der Waals surface area contributed by atoms with E-state index in [0.717, 1.165) is 27.8 Å². The average Bonchev–Trinajstić information content (AvgIpc) is 2.85. The molecule has 0 aliphatic rings. The molecule has 0 aliphatic carbocycles. The average molecular weight is 468 g/mol. The lowest BCUT2D eigenvalue weighted by atomic mass is 9.84. The number of carbonyl (C=O) groups is 2. The number of carbonyl (C=O) groups excluding carboxylic acids is 1. The Morgan fingerprint density at radius 3 is 1.94 bits per heavy atom. The summed E-state index contributed by atoms with van der Waals surface area (Å²) >= 11 is 0. The van der Waals surface area contributed by atoms with Gasteiger partial charge in [-0.15, -0.1) is 0 Å². The first-order valence-electron chi connectivity index (χ1n) is 11.1. The number of anilines is 1. The van der Waals surface area contributed by atoms with Crippen molar-refractivity contribution in [1.82, 2.24) is 10.3 Å². The van der Waals surface area contributed by atoms with Gasteiger partial charge in [-0.3, -0.25) is 9.59 Å². The molecule has 1 atom stereocenters. The number of benzene rings is 3. The quantitative estimate of drug-likeness (QED) is 0.314. The summed E-state index contributed by atoms with van der Waals surface area (Å²) in [5, 5.41) is 14.8. The SMILES string of the molecule is Cc1cc(=O)[nH]cc1-c1ccc(NC(=O)[C@@H](NC(=O)O)C(c2ccccc2)c2ccccc2)cc1. The second kappa shape index (κ2) is 10.5. The number of aromatic nitrogens is 1. The summed E-state index contributed by atoms with van der Waals surface area (Å²) < 4.78 is 0. The third-order valence-corrected chi connectivity index (χ3v) is 5.81. The van der Waals surface area contributed by atoms with Crippen LogP contribution in [0.4, 0.5) is 10.5 Å². The molecule has 7 nitrogen and oxygen atoms in total. The Hall–Kier alpha value is -4.65. The highest BCUT2D eigenvalue weighted by molar-refractivity contribution is 5.97. The van der Waals surface area contributed by atoms with E-state index in [1.165, 1.54) is 6.07 Å². The number of amides is 2. The third-order valence-electron chi connectivity index (χ3n) is 5.81. The fourth-order valence-corrected chi connectivity index (χ4v) is 4.17. The lowest BCUT2D eigenvalue weighted by Crippen LogP contribution is -2.47. The van der Waals surface area contributed by atoms with Gasteiger partial charge in [-0.1, -0.05) is 72.8 Å². The van der Waals surface area contributed by atoms with Crippen molar-refractivity contribution >= 4 is 17.7 Å². The zero-order valence-electron chi connectivity index (χ0n) is 19.1. The van der Waals surface area contributed by atoms with E-state index < -0.39 is 24.0 Å². The zero-order valence-corrected chi connectivity index (χ0v) is 19.1. The number of aryl methyl sites for hydroxylation is 1. The van der Waals surface area contributed by atoms with Gasteiger partial charge in [0.05, 0.1) is 0 Å². The summed E-state index contributed by atoms with van der Waals surface area (Å²) in [5.74, 6) is -1.00. The third kappa shape index (κ3) is 5.65. The van der Waals surface area contributed by atoms with Gasteiger partial charge in [0.1, 0.15) is 6.04 Å². The second-order valence-corrected chi connectivity index (χ2v) is 8.19. The number of pyridine rings is 1. The largest absolute Gasteiger partial charge is 0.465 e. The Bertz CT molecular complexity index is 1330. The molecule has 0 spiro atoms. The summed E-state index contributed by atoms with van der Waals surface area (Å²) in [5.41, 5.74) is 4.58. The first-order valence-corrected chi connectivity index (χ1v) is 11.1. The van der Waals surface area contributed by atoms with E-state index in [4.69, 9.17) is 0 Å². The molecule has 4 rings (SSSR count). The fraction of sp³-hybridized carbons (Fsp3) is 0.107. The Balaban J connectivity index is 1.63. The minimum absolute atomic E-state index is 0.168. The standard InChI is InChI=1S/C28H25N3O4/c1-18-16-24(32)29-17-23(18)19-12-14-22(15-13-19)30-27(33)26(31-28(34)35)25(20-8-4-2-5-9-20)21-10-6-3-7-11-21/h2-17,25-26,31H,1H3,(H,29,32)(H,30,33)(H,34,35)/t26-/m0/s1. The molecule has 0 saturated carbocycles. The Morgan fingerprint density at radius 2 is 1.43 bits per heavy atom. The second-order valence-electron chi connectivity index (χ2n) is 8.19. The molecule has 1 aromatic heterocycles. The van der Waals surface area contributed by atoms with Crippen LogP contribution in [0.5, 0.6) is 0 Å². The van der Waals surface area contributed by atoms with E-state index in [0.29, 0.717) is 5.69 Å². The van der Waals surface area contributed by atoms with Gasteiger partial charge in [-0.05, 0) is 41.3 Å². The van der Waals surface area contributed by atoms with Crippen molar-refractivity contribution in [3.05, 3.63) is 124 Å². The number of hydrogen-bond acceptors (Lipinski definition) is 3. The van der Waals surface area contributed by atoms with Gasteiger partial charge in [0.15, 0.2) is 0 Å². The topological polar surface area (TPSA) is 111 Å². The first-order chi connectivity index (χ1) is 16.9. The van der Waals surface area contributed by atoms with Crippen LogP contribution >= 0.6 is 0 Å². The summed E-state index contributed by atoms with van der Waals surface area (Å²) in [7, 11) is 0. The van der Waals surface area contributed by atoms with Crippen molar-refractivity contribution in [1.29, 1.82) is 0 Å². The van der Waals surface area contributed by atoms with Gasteiger partial charge in [-0.25, -0.2) is 4.79 Å². The number of carboxylic acid groups (broad SMARTS) is 1. The maximum atomic E-state index is 13.4. The summed E-state index contributed by atoms with van der Waals surface area (Å²) in [6, 6.07) is 26.3. The zero-order chi connectivity index (χ0) is 24.8. The molecule has 176 valence electrons. The summed E-state index contributed by atoms with van der Waals surface area (Å²) in [4.78, 5) is 39.3. The number of nitrogens with one attached hydrogen (secondary N) is 3. The molecular weight excluding hydrogens is 442 g/mol. The fourth-order valence-electron chi connectivity index (χ4n) is 4.17. The minimum atomic E-state index is -1.29. The lowest BCUT2D eigenvalue weighted by molar-refractivity contribution is -0.118. The Labute approximate surface area is 202 Å². The molecule has 7 heteroatoms. The van der Waals surface area contributed by atoms with E-state index in [1.54, 1.807) is 18.3 Å². The van der Waals surface area contributed by atoms with Gasteiger partial charge >= 0.3 is 6.09 Å². The number of aromatic amines is 1. The number of H-pyrrole nitrogens is 1. The maximum Gasteiger partial charge on any atom is 0.405 e. The van der Waals surface area contributed by atoms with Gasteiger partial charge < -0.3 is 20.7 Å². The van der Waals surface area contributed by atoms with Crippen molar-refractivity contribution in [2.24, 2.45) is 0 Å². The van der Waals surface area contributed by atoms with Crippen molar-refractivity contribution in [3.63, 3.8) is 0 Å². The minimum Gasteiger partial charge on any atom is -0.465 e. The monoisotopic (exact) mass is 467 g/mol. The van der Waals surface area contributed by atoms with Crippen LogP contribution in [0.2, 0.25) is 0 Å². The predicted octanol–water partition coefficient (Wildman–Crippen LogP) is 4.76. The van der Waals surface area contributed by atoms with E-state index in [-0.39, 0.29) is 5.56 Å². The van der Waals surface area contributed by atoms with Gasteiger partial charge in [0.25, 0.3) is 0 Å². The van der Waals surface area contributed by atoms with Gasteiger partial charge in [0.2, 0.25) is 11.5 Å². The number of hydrogen-bond donors (Lipinski definition) is 4. The van der Waals surface area contributed by atoms with E-state index in [1.807, 2.05) is 79.7 Å². The van der Waals surface area contributed by atoms with E-state index >= 15 is 0 Å². The molecule has 3 aromatic carbocycles. The maximum absolute atomic E-state index is 13.4. The molecule has 0 fully saturated rings. The van der Waals surface area contributed by atoms with Crippen LogP contribution in [0.1, 0.15) is 22.6 Å². The van der Waals surface area contributed by atoms with E-state index in [2.05, 4.69) is 15.6 Å². The highest BCUT2D eigenvalue weighted by Crippen LogP contribution is 2.29. The summed E-state index contributed by atoms with van der Waals surface area (Å²) in [6.45, 7) is 1.86. The molecule has 0 aliphatic heterocycles. The normalized spacial score (nSPS) is 11.6. The van der Waals surface area contributed by atoms with Gasteiger partial charge in [0, 0.05) is 29.4 Å². The van der Waals surface area contributed by atoms with Crippen molar-refractivity contribution in [3.8, 4) is 11.1 Å². The molecule has 4 N–H and O–H groups in total. The van der Waals surface area contributed by atoms with Crippen LogP contribution < -0.4 is 16.2 Å².